The van der Waals surface area contributed by atoms with E-state index >= 15 is 0 Å². The molecule has 42 heteroatoms. The summed E-state index contributed by atoms with van der Waals surface area (Å²) < 4.78 is 75.6. The molecule has 7 saturated heterocycles. The lowest BCUT2D eigenvalue weighted by Gasteiger charge is -2.51. The molecule has 0 aliphatic carbocycles. The predicted octanol–water partition coefficient (Wildman–Crippen LogP) is -15.4. The fraction of sp³-hybridized carbons (Fsp3) is 0.907. The molecule has 0 spiro atoms. The number of carbonyl (C=O) groups is 5. The summed E-state index contributed by atoms with van der Waals surface area (Å²) >= 11 is 0. The average Bonchev–Trinajstić information content (AvgIpc) is 0.776. The summed E-state index contributed by atoms with van der Waals surface area (Å²) in [6, 6.07) is -6.50. The van der Waals surface area contributed by atoms with Gasteiger partial charge in [-0.3, -0.25) is 19.2 Å². The van der Waals surface area contributed by atoms with Crippen molar-refractivity contribution in [3.63, 3.8) is 0 Å². The van der Waals surface area contributed by atoms with Crippen molar-refractivity contribution in [2.24, 2.45) is 0 Å². The van der Waals surface area contributed by atoms with Crippen LogP contribution in [-0.4, -0.2) is 398 Å². The minimum absolute atomic E-state index is 0.579. The molecule has 0 bridgehead atoms. The molecular formula is C54H90N4O38. The standard InChI is InChI=1S/C54H90N4O38/c1-14-27(55-15(2)65)35(75)42(23(10-62)85-14)92-51-40(80)46(33(73)21(8-60)86-51)94-49-30(58-18(5)68)37(77)44(25(12-64)89-49)93-52-41(81)47(34(74)22(9-61)87-52)95-48-29(57-17(4)67)36(76)43(24(11-63)88-48)91-50-39(79)38(78)32(72)26(90-50)13-84-54(53(82)83)6-19(69)28(56-16(3)66)45(96-54)31(71)20(70)7-59/h14,19-52,59-64,69-81H,6-13H2,1-5H3,(H,55,65)(H,56,66)(H,57,67)(H,58,68)(H,82,83)/t14?,19-,20+,21?,22?,23?,24?,25?,26?,27?,28+,29?,30?,31+,32-,33-,34-,35+,36+,37+,38-,39?,40?,41?,42-,43-,44-,45?,46-,47-,48-,49-,50-,51-,52-,54+/m0/s1. The highest BCUT2D eigenvalue weighted by Crippen LogP contribution is 2.39. The van der Waals surface area contributed by atoms with Crippen molar-refractivity contribution >= 4 is 29.6 Å². The Kier molecular flexibility index (Phi) is 28.2. The maximum atomic E-state index is 12.8. The van der Waals surface area contributed by atoms with Crippen LogP contribution in [0.4, 0.5) is 0 Å². The first-order chi connectivity index (χ1) is 45.2. The second-order valence-corrected chi connectivity index (χ2v) is 24.3. The number of rotatable bonds is 26. The quantitative estimate of drug-likeness (QED) is 0.0382. The number of carboxylic acids is 1. The smallest absolute Gasteiger partial charge is 0.364 e. The zero-order chi connectivity index (χ0) is 71.3. The Morgan fingerprint density at radius 2 is 0.781 bits per heavy atom. The van der Waals surface area contributed by atoms with E-state index in [1.165, 1.54) is 6.92 Å². The molecule has 0 aromatic carbocycles. The number of hydrogen-bond acceptors (Lipinski definition) is 37. The minimum Gasteiger partial charge on any atom is -0.477 e. The van der Waals surface area contributed by atoms with E-state index in [4.69, 9.17) is 61.6 Å². The lowest BCUT2D eigenvalue weighted by Crippen LogP contribution is -2.71. The Bertz CT molecular complexity index is 2540. The van der Waals surface area contributed by atoms with Crippen LogP contribution in [0.3, 0.4) is 0 Å². The monoisotopic (exact) mass is 1400 g/mol. The van der Waals surface area contributed by atoms with E-state index in [0.717, 1.165) is 27.7 Å². The van der Waals surface area contributed by atoms with Crippen molar-refractivity contribution in [2.45, 2.75) is 261 Å². The second kappa shape index (κ2) is 34.2. The predicted molar refractivity (Wildman–Crippen MR) is 299 cm³/mol. The van der Waals surface area contributed by atoms with Crippen molar-refractivity contribution in [3.8, 4) is 0 Å². The number of aliphatic hydroxyl groups excluding tert-OH is 19. The van der Waals surface area contributed by atoms with Crippen LogP contribution >= 0.6 is 0 Å². The van der Waals surface area contributed by atoms with Crippen molar-refractivity contribution in [1.82, 2.24) is 21.3 Å². The van der Waals surface area contributed by atoms with Gasteiger partial charge in [-0.05, 0) is 6.92 Å². The number of carbonyl (C=O) groups excluding carboxylic acids is 4. The Morgan fingerprint density at radius 1 is 0.427 bits per heavy atom. The summed E-state index contributed by atoms with van der Waals surface area (Å²) in [5, 5.41) is 229. The Hall–Kier alpha value is -3.93. The Labute approximate surface area is 544 Å². The number of aliphatic carboxylic acids is 1. The highest BCUT2D eigenvalue weighted by molar-refractivity contribution is 5.77. The van der Waals surface area contributed by atoms with Gasteiger partial charge >= 0.3 is 5.97 Å². The maximum Gasteiger partial charge on any atom is 0.364 e. The third-order valence-electron chi connectivity index (χ3n) is 17.4. The molecule has 24 N–H and O–H groups in total. The SMILES string of the molecule is CC(=O)NC1C(C)OC(CO)[C@H](O[C@@H]2OC(CO)[C@H](O)[C@H](O[C@@H]3OC(CO)[C@H](O[C@@H]4OC(CO)[C@H](O)[C@H](O[C@@H]5OC(CO)[C@H](O[C@@H]6OC(CO[C@]7(C(=O)O)C[C@H](O)[C@@H](NC(C)=O)C([C@H](O)[C@H](O)CO)O7)[C@H](O)[C@H](O)C6O)[C@H](O)C5NC(C)=O)C4O)[C@H](O)C3NC(C)=O)C2O)[C@@H]1O. The van der Waals surface area contributed by atoms with Crippen LogP contribution < -0.4 is 21.3 Å². The molecule has 36 atom stereocenters. The van der Waals surface area contributed by atoms with Crippen molar-refractivity contribution in [1.29, 1.82) is 0 Å². The van der Waals surface area contributed by atoms with E-state index in [1.54, 1.807) is 0 Å². The lowest BCUT2D eigenvalue weighted by atomic mass is 9.88. The number of nitrogens with one attached hydrogen (secondary N) is 4. The number of aliphatic hydroxyl groups is 19. The van der Waals surface area contributed by atoms with Crippen molar-refractivity contribution < 1.29 is 188 Å². The molecule has 554 valence electrons. The number of carboxylic acid groups (broad SMARTS) is 1. The molecule has 42 nitrogen and oxygen atoms in total. The van der Waals surface area contributed by atoms with Gasteiger partial charge in [0.25, 0.3) is 5.79 Å². The van der Waals surface area contributed by atoms with Crippen LogP contribution in [0.25, 0.3) is 0 Å². The molecular weight excluding hydrogens is 1310 g/mol. The number of ether oxygens (including phenoxy) is 13. The third-order valence-corrected chi connectivity index (χ3v) is 17.4. The fourth-order valence-corrected chi connectivity index (χ4v) is 12.5. The largest absolute Gasteiger partial charge is 0.477 e. The van der Waals surface area contributed by atoms with Gasteiger partial charge in [0.15, 0.2) is 31.5 Å². The summed E-state index contributed by atoms with van der Waals surface area (Å²) in [6.45, 7) is -1.80. The minimum atomic E-state index is -3.02. The number of amides is 4. The zero-order valence-electron chi connectivity index (χ0n) is 52.2. The van der Waals surface area contributed by atoms with Gasteiger partial charge in [-0.15, -0.1) is 0 Å². The first-order valence-electron chi connectivity index (χ1n) is 30.6. The van der Waals surface area contributed by atoms with Gasteiger partial charge in [0.1, 0.15) is 159 Å². The molecule has 96 heavy (non-hydrogen) atoms. The average molecular weight is 1400 g/mol. The summed E-state index contributed by atoms with van der Waals surface area (Å²) in [5.41, 5.74) is 0. The van der Waals surface area contributed by atoms with E-state index in [0.29, 0.717) is 0 Å². The van der Waals surface area contributed by atoms with Crippen LogP contribution in [0.15, 0.2) is 0 Å². The summed E-state index contributed by atoms with van der Waals surface area (Å²) in [5.74, 6) is -8.21. The molecule has 0 aromatic heterocycles. The molecule has 14 unspecified atom stereocenters. The van der Waals surface area contributed by atoms with Gasteiger partial charge < -0.3 is 185 Å². The van der Waals surface area contributed by atoms with E-state index in [-0.39, 0.29) is 0 Å². The molecule has 7 heterocycles. The van der Waals surface area contributed by atoms with Crippen molar-refractivity contribution in [2.75, 3.05) is 46.2 Å². The van der Waals surface area contributed by atoms with Crippen molar-refractivity contribution in [3.05, 3.63) is 0 Å². The molecule has 0 aromatic rings. The van der Waals surface area contributed by atoms with Crippen LogP contribution in [0.2, 0.25) is 0 Å². The summed E-state index contributed by atoms with van der Waals surface area (Å²) in [6.07, 6.45) is -61.8. The highest BCUT2D eigenvalue weighted by Gasteiger charge is 2.61. The van der Waals surface area contributed by atoms with E-state index in [2.05, 4.69) is 21.3 Å². The second-order valence-electron chi connectivity index (χ2n) is 24.3. The van der Waals surface area contributed by atoms with Crippen LogP contribution in [0.1, 0.15) is 41.0 Å². The lowest BCUT2D eigenvalue weighted by molar-refractivity contribution is -0.385. The van der Waals surface area contributed by atoms with Crippen LogP contribution in [0.5, 0.6) is 0 Å². The van der Waals surface area contributed by atoms with Gasteiger partial charge in [-0.25, -0.2) is 4.79 Å². The summed E-state index contributed by atoms with van der Waals surface area (Å²) in [4.78, 5) is 62.5. The molecule has 0 radical (unpaired) electrons. The topological polar surface area (TPSA) is 658 Å². The van der Waals surface area contributed by atoms with Gasteiger partial charge in [0.05, 0.1) is 70.5 Å². The molecule has 7 fully saturated rings. The molecule has 7 aliphatic heterocycles. The van der Waals surface area contributed by atoms with E-state index in [9.17, 15) is 126 Å². The first kappa shape index (κ1) is 79.4. The van der Waals surface area contributed by atoms with Crippen LogP contribution in [-0.2, 0) is 85.6 Å². The Morgan fingerprint density at radius 3 is 1.18 bits per heavy atom. The molecule has 0 saturated carbocycles. The van der Waals surface area contributed by atoms with Gasteiger partial charge in [-0.2, -0.15) is 0 Å². The third kappa shape index (κ3) is 17.5. The van der Waals surface area contributed by atoms with Gasteiger partial charge in [0.2, 0.25) is 23.6 Å². The van der Waals surface area contributed by atoms with E-state index in [1.807, 2.05) is 0 Å². The van der Waals surface area contributed by atoms with Gasteiger partial charge in [0, 0.05) is 34.1 Å². The first-order valence-corrected chi connectivity index (χ1v) is 30.6. The fourth-order valence-electron chi connectivity index (χ4n) is 12.5. The highest BCUT2D eigenvalue weighted by atomic mass is 16.8. The zero-order valence-corrected chi connectivity index (χ0v) is 52.2. The molecule has 7 rings (SSSR count). The normalized spacial score (nSPS) is 46.0. The maximum absolute atomic E-state index is 12.8. The van der Waals surface area contributed by atoms with E-state index < -0.39 is 302 Å². The molecule has 4 amide bonds. The number of hydrogen-bond donors (Lipinski definition) is 24. The Balaban J connectivity index is 1.07. The van der Waals surface area contributed by atoms with Gasteiger partial charge in [-0.1, -0.05) is 0 Å². The summed E-state index contributed by atoms with van der Waals surface area (Å²) in [7, 11) is 0. The van der Waals surface area contributed by atoms with Crippen LogP contribution in [0, 0.1) is 0 Å². The molecule has 7 aliphatic rings.